The van der Waals surface area contributed by atoms with Gasteiger partial charge in [-0.05, 0) is 37.3 Å². The number of carbonyl (C=O) groups is 1. The molecule has 1 aliphatic carbocycles. The van der Waals surface area contributed by atoms with Crippen molar-refractivity contribution in [2.45, 2.75) is 37.9 Å². The van der Waals surface area contributed by atoms with E-state index in [1.54, 1.807) is 6.92 Å². The van der Waals surface area contributed by atoms with E-state index in [0.717, 1.165) is 18.9 Å². The summed E-state index contributed by atoms with van der Waals surface area (Å²) >= 11 is 0. The molecule has 0 bridgehead atoms. The predicted octanol–water partition coefficient (Wildman–Crippen LogP) is 2.53. The molecule has 1 atom stereocenters. The summed E-state index contributed by atoms with van der Waals surface area (Å²) in [5.74, 6) is -0.306. The van der Waals surface area contributed by atoms with Gasteiger partial charge in [0.05, 0.1) is 24.1 Å². The number of nitrogens with one attached hydrogen (secondary N) is 1. The Balaban J connectivity index is 2.10. The van der Waals surface area contributed by atoms with Crippen LogP contribution in [0.1, 0.15) is 30.9 Å². The number of hydrogen-bond donors (Lipinski definition) is 2. The molecule has 1 unspecified atom stereocenters. The lowest BCUT2D eigenvalue weighted by molar-refractivity contribution is -0.138. The van der Waals surface area contributed by atoms with Gasteiger partial charge < -0.3 is 10.4 Å². The van der Waals surface area contributed by atoms with E-state index in [0.29, 0.717) is 0 Å². The maximum atomic E-state index is 12.9. The lowest BCUT2D eigenvalue weighted by atomic mass is 9.96. The highest BCUT2D eigenvalue weighted by Crippen LogP contribution is 2.39. The highest BCUT2D eigenvalue weighted by atomic mass is 19.4. The molecule has 1 aromatic carbocycles. The molecule has 0 aliphatic heterocycles. The van der Waals surface area contributed by atoms with E-state index in [1.807, 2.05) is 0 Å². The van der Waals surface area contributed by atoms with Crippen LogP contribution in [0.25, 0.3) is 0 Å². The zero-order chi connectivity index (χ0) is 15.7. The first-order valence-corrected chi connectivity index (χ1v) is 6.83. The Bertz CT molecular complexity index is 526. The minimum absolute atomic E-state index is 0.0569. The summed E-state index contributed by atoms with van der Waals surface area (Å²) in [7, 11) is 0. The van der Waals surface area contributed by atoms with Gasteiger partial charge in [-0.1, -0.05) is 18.2 Å². The summed E-state index contributed by atoms with van der Waals surface area (Å²) in [5.41, 5.74) is -1.60. The summed E-state index contributed by atoms with van der Waals surface area (Å²) in [6, 6.07) is 5.04. The van der Waals surface area contributed by atoms with Crippen molar-refractivity contribution in [1.29, 1.82) is 0 Å². The van der Waals surface area contributed by atoms with Crippen molar-refractivity contribution in [3.05, 3.63) is 35.4 Å². The number of halogens is 3. The van der Waals surface area contributed by atoms with Crippen molar-refractivity contribution in [3.8, 4) is 0 Å². The molecular weight excluding hydrogens is 283 g/mol. The van der Waals surface area contributed by atoms with E-state index in [2.05, 4.69) is 5.32 Å². The number of aliphatic hydroxyl groups excluding tert-OH is 1. The number of benzene rings is 1. The van der Waals surface area contributed by atoms with Crippen molar-refractivity contribution >= 4 is 5.91 Å². The van der Waals surface area contributed by atoms with Gasteiger partial charge >= 0.3 is 6.18 Å². The molecule has 2 N–H and O–H groups in total. The molecule has 1 fully saturated rings. The van der Waals surface area contributed by atoms with Crippen LogP contribution in [0.3, 0.4) is 0 Å². The number of amides is 1. The molecule has 1 saturated carbocycles. The maximum Gasteiger partial charge on any atom is 0.416 e. The summed E-state index contributed by atoms with van der Waals surface area (Å²) in [4.78, 5) is 12.0. The Morgan fingerprint density at radius 2 is 1.95 bits per heavy atom. The van der Waals surface area contributed by atoms with Crippen LogP contribution in [0, 0.1) is 5.92 Å². The third-order valence-electron chi connectivity index (χ3n) is 3.91. The molecule has 0 saturated heterocycles. The Morgan fingerprint density at radius 3 is 2.48 bits per heavy atom. The highest BCUT2D eigenvalue weighted by molar-refractivity contribution is 5.79. The molecule has 1 aliphatic rings. The SMILES string of the molecule is CC(CO)(NC(=O)Cc1ccccc1C(F)(F)F)C1CC1. The summed E-state index contributed by atoms with van der Waals surface area (Å²) < 4.78 is 38.6. The second-order valence-electron chi connectivity index (χ2n) is 5.73. The second kappa shape index (κ2) is 5.67. The third kappa shape index (κ3) is 3.75. The lowest BCUT2D eigenvalue weighted by Crippen LogP contribution is -2.51. The van der Waals surface area contributed by atoms with Gasteiger partial charge in [0, 0.05) is 0 Å². The standard InChI is InChI=1S/C15H18F3NO2/c1-14(9-20,11-6-7-11)19-13(21)8-10-4-2-3-5-12(10)15(16,17)18/h2-5,11,20H,6-9H2,1H3,(H,19,21). The van der Waals surface area contributed by atoms with Crippen LogP contribution in [0.5, 0.6) is 0 Å². The van der Waals surface area contributed by atoms with Crippen molar-refractivity contribution < 1.29 is 23.1 Å². The lowest BCUT2D eigenvalue weighted by Gasteiger charge is -2.29. The smallest absolute Gasteiger partial charge is 0.394 e. The fourth-order valence-corrected chi connectivity index (χ4v) is 2.48. The van der Waals surface area contributed by atoms with Gasteiger partial charge in [-0.3, -0.25) is 4.79 Å². The van der Waals surface area contributed by atoms with Gasteiger partial charge in [-0.25, -0.2) is 0 Å². The van der Waals surface area contributed by atoms with E-state index >= 15 is 0 Å². The number of rotatable bonds is 5. The minimum atomic E-state index is -4.48. The number of aliphatic hydroxyl groups is 1. The quantitative estimate of drug-likeness (QED) is 0.878. The topological polar surface area (TPSA) is 49.3 Å². The first-order chi connectivity index (χ1) is 9.76. The van der Waals surface area contributed by atoms with Crippen molar-refractivity contribution in [1.82, 2.24) is 5.32 Å². The summed E-state index contributed by atoms with van der Waals surface area (Å²) in [6.45, 7) is 1.50. The van der Waals surface area contributed by atoms with Crippen LogP contribution in [0.4, 0.5) is 13.2 Å². The average molecular weight is 301 g/mol. The molecular formula is C15H18F3NO2. The molecule has 0 radical (unpaired) electrons. The van der Waals surface area contributed by atoms with Crippen LogP contribution in [0.2, 0.25) is 0 Å². The van der Waals surface area contributed by atoms with Crippen LogP contribution in [0.15, 0.2) is 24.3 Å². The number of hydrogen-bond acceptors (Lipinski definition) is 2. The molecule has 116 valence electrons. The molecule has 1 aromatic rings. The average Bonchev–Trinajstić information content (AvgIpc) is 3.22. The van der Waals surface area contributed by atoms with Gasteiger partial charge in [-0.2, -0.15) is 13.2 Å². The van der Waals surface area contributed by atoms with Gasteiger partial charge in [0.2, 0.25) is 5.91 Å². The van der Waals surface area contributed by atoms with Crippen LogP contribution in [-0.4, -0.2) is 23.2 Å². The zero-order valence-electron chi connectivity index (χ0n) is 11.7. The van der Waals surface area contributed by atoms with E-state index in [9.17, 15) is 23.1 Å². The van der Waals surface area contributed by atoms with E-state index in [4.69, 9.17) is 0 Å². The number of alkyl halides is 3. The molecule has 0 aromatic heterocycles. The van der Waals surface area contributed by atoms with Crippen LogP contribution >= 0.6 is 0 Å². The van der Waals surface area contributed by atoms with Gasteiger partial charge in [0.15, 0.2) is 0 Å². The van der Waals surface area contributed by atoms with Crippen molar-refractivity contribution in [2.75, 3.05) is 6.61 Å². The third-order valence-corrected chi connectivity index (χ3v) is 3.91. The fourth-order valence-electron chi connectivity index (χ4n) is 2.48. The number of carbonyl (C=O) groups excluding carboxylic acids is 1. The van der Waals surface area contributed by atoms with E-state index < -0.39 is 23.2 Å². The molecule has 21 heavy (non-hydrogen) atoms. The van der Waals surface area contributed by atoms with Gasteiger partial charge in [0.1, 0.15) is 0 Å². The van der Waals surface area contributed by atoms with Gasteiger partial charge in [-0.15, -0.1) is 0 Å². The molecule has 1 amide bonds. The predicted molar refractivity (Wildman–Crippen MR) is 71.5 cm³/mol. The summed E-state index contributed by atoms with van der Waals surface area (Å²) in [5, 5.41) is 12.1. The van der Waals surface area contributed by atoms with E-state index in [-0.39, 0.29) is 24.5 Å². The first-order valence-electron chi connectivity index (χ1n) is 6.83. The Kier molecular flexibility index (Phi) is 4.27. The minimum Gasteiger partial charge on any atom is -0.394 e. The monoisotopic (exact) mass is 301 g/mol. The molecule has 2 rings (SSSR count). The highest BCUT2D eigenvalue weighted by Gasteiger charge is 2.42. The fraction of sp³-hybridized carbons (Fsp3) is 0.533. The first kappa shape index (κ1) is 15.8. The Morgan fingerprint density at radius 1 is 1.33 bits per heavy atom. The van der Waals surface area contributed by atoms with Crippen molar-refractivity contribution in [3.63, 3.8) is 0 Å². The zero-order valence-corrected chi connectivity index (χ0v) is 11.7. The summed E-state index contributed by atoms with van der Waals surface area (Å²) in [6.07, 6.45) is -3.00. The van der Waals surface area contributed by atoms with Crippen LogP contribution in [-0.2, 0) is 17.4 Å². The molecule has 0 spiro atoms. The van der Waals surface area contributed by atoms with Crippen molar-refractivity contribution in [2.24, 2.45) is 5.92 Å². The van der Waals surface area contributed by atoms with E-state index in [1.165, 1.54) is 18.2 Å². The largest absolute Gasteiger partial charge is 0.416 e. The Labute approximate surface area is 121 Å². The Hall–Kier alpha value is -1.56. The second-order valence-corrected chi connectivity index (χ2v) is 5.73. The molecule has 3 nitrogen and oxygen atoms in total. The maximum absolute atomic E-state index is 12.9. The van der Waals surface area contributed by atoms with Crippen LogP contribution < -0.4 is 5.32 Å². The normalized spacial score (nSPS) is 18.1. The molecule has 0 heterocycles. The molecule has 6 heteroatoms. The van der Waals surface area contributed by atoms with Gasteiger partial charge in [0.25, 0.3) is 0 Å².